The van der Waals surface area contributed by atoms with Crippen LogP contribution in [0.1, 0.15) is 37.1 Å². The third-order valence-corrected chi connectivity index (χ3v) is 6.70. The van der Waals surface area contributed by atoms with E-state index in [-0.39, 0.29) is 6.04 Å². The largest absolute Gasteiger partial charge is 0.271 e. The molecule has 0 radical (unpaired) electrons. The zero-order chi connectivity index (χ0) is 14.9. The first-order valence-electron chi connectivity index (χ1n) is 6.95. The average molecular weight is 364 g/mol. The van der Waals surface area contributed by atoms with E-state index in [1.54, 1.807) is 25.6 Å². The Labute approximate surface area is 129 Å². The molecule has 1 saturated carbocycles. The van der Waals surface area contributed by atoms with Crippen LogP contribution in [0.2, 0.25) is 0 Å². The summed E-state index contributed by atoms with van der Waals surface area (Å²) in [5, 5.41) is 5.04. The van der Waals surface area contributed by atoms with Crippen molar-refractivity contribution in [2.75, 3.05) is 5.33 Å². The van der Waals surface area contributed by atoms with Crippen LogP contribution in [0.3, 0.4) is 0 Å². The number of sulfonamides is 1. The first-order chi connectivity index (χ1) is 9.36. The van der Waals surface area contributed by atoms with Gasteiger partial charge < -0.3 is 0 Å². The minimum absolute atomic E-state index is 0.0205. The molecule has 0 spiro atoms. The van der Waals surface area contributed by atoms with Gasteiger partial charge in [0.05, 0.1) is 11.4 Å². The minimum atomic E-state index is -3.50. The molecule has 0 aromatic carbocycles. The summed E-state index contributed by atoms with van der Waals surface area (Å²) in [5.41, 5.74) is 1.24. The third kappa shape index (κ3) is 3.09. The fraction of sp³-hybridized carbons (Fsp3) is 0.769. The molecule has 0 saturated heterocycles. The Bertz CT molecular complexity index is 583. The molecule has 2 atom stereocenters. The summed E-state index contributed by atoms with van der Waals surface area (Å²) in [7, 11) is -1.73. The van der Waals surface area contributed by atoms with Gasteiger partial charge in [0.25, 0.3) is 0 Å². The van der Waals surface area contributed by atoms with Crippen molar-refractivity contribution in [3.05, 3.63) is 11.4 Å². The van der Waals surface area contributed by atoms with Crippen molar-refractivity contribution in [3.63, 3.8) is 0 Å². The number of nitrogens with zero attached hydrogens (tertiary/aromatic N) is 2. The van der Waals surface area contributed by atoms with Crippen LogP contribution in [-0.2, 0) is 17.1 Å². The second kappa shape index (κ2) is 6.15. The summed E-state index contributed by atoms with van der Waals surface area (Å²) in [6.45, 7) is 3.53. The number of halogens is 1. The Morgan fingerprint density at radius 1 is 1.35 bits per heavy atom. The fourth-order valence-electron chi connectivity index (χ4n) is 2.95. The standard InChI is InChI=1S/C13H22BrN3O2S/c1-9-13(10(2)17(3)15-9)20(18,19)16-12-7-5-4-6-11(12)8-14/h11-12,16H,4-8H2,1-3H3. The van der Waals surface area contributed by atoms with Crippen LogP contribution >= 0.6 is 15.9 Å². The van der Waals surface area contributed by atoms with E-state index in [1.807, 2.05) is 0 Å². The van der Waals surface area contributed by atoms with Gasteiger partial charge in [0.2, 0.25) is 10.0 Å². The summed E-state index contributed by atoms with van der Waals surface area (Å²) in [6, 6.07) is 0.0205. The molecule has 2 unspecified atom stereocenters. The van der Waals surface area contributed by atoms with Crippen LogP contribution in [-0.4, -0.2) is 29.6 Å². The number of aryl methyl sites for hydroxylation is 2. The molecule has 0 amide bonds. The summed E-state index contributed by atoms with van der Waals surface area (Å²) >= 11 is 3.50. The smallest absolute Gasteiger partial charge is 0.244 e. The quantitative estimate of drug-likeness (QED) is 0.834. The van der Waals surface area contributed by atoms with Gasteiger partial charge in [-0.2, -0.15) is 5.10 Å². The van der Waals surface area contributed by atoms with E-state index in [4.69, 9.17) is 0 Å². The molecule has 0 bridgehead atoms. The maximum Gasteiger partial charge on any atom is 0.244 e. The highest BCUT2D eigenvalue weighted by Crippen LogP contribution is 2.28. The number of aromatic nitrogens is 2. The second-order valence-electron chi connectivity index (χ2n) is 5.55. The van der Waals surface area contributed by atoms with Gasteiger partial charge in [0, 0.05) is 18.4 Å². The predicted molar refractivity (Wildman–Crippen MR) is 82.5 cm³/mol. The predicted octanol–water partition coefficient (Wildman–Crippen LogP) is 2.27. The number of hydrogen-bond donors (Lipinski definition) is 1. The summed E-state index contributed by atoms with van der Waals surface area (Å²) in [5.74, 6) is 0.371. The van der Waals surface area contributed by atoms with E-state index in [0.29, 0.717) is 22.2 Å². The molecule has 0 aliphatic heterocycles. The molecule has 1 aromatic rings. The zero-order valence-electron chi connectivity index (χ0n) is 12.2. The molecule has 20 heavy (non-hydrogen) atoms. The minimum Gasteiger partial charge on any atom is -0.271 e. The summed E-state index contributed by atoms with van der Waals surface area (Å²) in [4.78, 5) is 0.332. The van der Waals surface area contributed by atoms with Crippen molar-refractivity contribution in [2.24, 2.45) is 13.0 Å². The van der Waals surface area contributed by atoms with Crippen molar-refractivity contribution in [3.8, 4) is 0 Å². The average Bonchev–Trinajstić information content (AvgIpc) is 2.63. The highest BCUT2D eigenvalue weighted by atomic mass is 79.9. The Balaban J connectivity index is 2.26. The van der Waals surface area contributed by atoms with Crippen LogP contribution in [0, 0.1) is 19.8 Å². The lowest BCUT2D eigenvalue weighted by Crippen LogP contribution is -2.42. The third-order valence-electron chi connectivity index (χ3n) is 4.13. The normalized spacial score (nSPS) is 24.0. The number of rotatable bonds is 4. The van der Waals surface area contributed by atoms with E-state index in [1.165, 1.54) is 6.42 Å². The molecule has 1 N–H and O–H groups in total. The van der Waals surface area contributed by atoms with Crippen LogP contribution in [0.5, 0.6) is 0 Å². The lowest BCUT2D eigenvalue weighted by molar-refractivity contribution is 0.316. The van der Waals surface area contributed by atoms with Gasteiger partial charge in [-0.05, 0) is 32.6 Å². The van der Waals surface area contributed by atoms with Crippen LogP contribution in [0.25, 0.3) is 0 Å². The Kier molecular flexibility index (Phi) is 4.92. The molecule has 1 fully saturated rings. The maximum absolute atomic E-state index is 12.6. The van der Waals surface area contributed by atoms with Gasteiger partial charge in [-0.15, -0.1) is 0 Å². The van der Waals surface area contributed by atoms with Crippen LogP contribution < -0.4 is 4.72 Å². The van der Waals surface area contributed by atoms with Gasteiger partial charge >= 0.3 is 0 Å². The Morgan fingerprint density at radius 2 is 2.00 bits per heavy atom. The molecule has 1 aliphatic rings. The van der Waals surface area contributed by atoms with Crippen molar-refractivity contribution in [1.29, 1.82) is 0 Å². The van der Waals surface area contributed by atoms with E-state index in [0.717, 1.165) is 24.6 Å². The summed E-state index contributed by atoms with van der Waals surface area (Å²) < 4.78 is 29.8. The highest BCUT2D eigenvalue weighted by molar-refractivity contribution is 9.09. The first-order valence-corrected chi connectivity index (χ1v) is 9.55. The lowest BCUT2D eigenvalue weighted by atomic mass is 9.87. The molecular formula is C13H22BrN3O2S. The lowest BCUT2D eigenvalue weighted by Gasteiger charge is -2.30. The van der Waals surface area contributed by atoms with Gasteiger partial charge in [0.15, 0.2) is 0 Å². The molecule has 2 rings (SSSR count). The molecule has 1 heterocycles. The topological polar surface area (TPSA) is 64.0 Å². The second-order valence-corrected chi connectivity index (χ2v) is 7.85. The molecule has 5 nitrogen and oxygen atoms in total. The van der Waals surface area contributed by atoms with Gasteiger partial charge in [-0.1, -0.05) is 28.8 Å². The molecule has 114 valence electrons. The SMILES string of the molecule is Cc1nn(C)c(C)c1S(=O)(=O)NC1CCCCC1CBr. The molecule has 1 aliphatic carbocycles. The van der Waals surface area contributed by atoms with Crippen molar-refractivity contribution in [1.82, 2.24) is 14.5 Å². The van der Waals surface area contributed by atoms with Gasteiger partial charge in [-0.25, -0.2) is 13.1 Å². The first kappa shape index (κ1) is 16.0. The number of nitrogens with one attached hydrogen (secondary N) is 1. The van der Waals surface area contributed by atoms with E-state index in [9.17, 15) is 8.42 Å². The maximum atomic E-state index is 12.6. The van der Waals surface area contributed by atoms with Gasteiger partial charge in [0.1, 0.15) is 4.90 Å². The van der Waals surface area contributed by atoms with Gasteiger partial charge in [-0.3, -0.25) is 4.68 Å². The fourth-order valence-corrected chi connectivity index (χ4v) is 5.50. The summed E-state index contributed by atoms with van der Waals surface area (Å²) in [6.07, 6.45) is 4.25. The molecule has 1 aromatic heterocycles. The molecular weight excluding hydrogens is 342 g/mol. The zero-order valence-corrected chi connectivity index (χ0v) is 14.6. The van der Waals surface area contributed by atoms with E-state index in [2.05, 4.69) is 25.8 Å². The van der Waals surface area contributed by atoms with Crippen molar-refractivity contribution < 1.29 is 8.42 Å². The number of alkyl halides is 1. The van der Waals surface area contributed by atoms with E-state index >= 15 is 0 Å². The monoisotopic (exact) mass is 363 g/mol. The van der Waals surface area contributed by atoms with Crippen molar-refractivity contribution >= 4 is 26.0 Å². The molecule has 7 heteroatoms. The van der Waals surface area contributed by atoms with Crippen molar-refractivity contribution in [2.45, 2.75) is 50.5 Å². The Morgan fingerprint density at radius 3 is 2.55 bits per heavy atom. The number of hydrogen-bond acceptors (Lipinski definition) is 3. The van der Waals surface area contributed by atoms with E-state index < -0.39 is 10.0 Å². The Hall–Kier alpha value is -0.400. The highest BCUT2D eigenvalue weighted by Gasteiger charge is 2.31. The van der Waals surface area contributed by atoms with Crippen LogP contribution in [0.15, 0.2) is 4.90 Å². The van der Waals surface area contributed by atoms with Crippen LogP contribution in [0.4, 0.5) is 0 Å².